The highest BCUT2D eigenvalue weighted by atomic mass is 35.5. The molecule has 2 aliphatic rings. The van der Waals surface area contributed by atoms with Gasteiger partial charge in [0.1, 0.15) is 0 Å². The van der Waals surface area contributed by atoms with Gasteiger partial charge in [-0.1, -0.05) is 6.42 Å². The maximum absolute atomic E-state index is 11.8. The molecule has 1 heterocycles. The van der Waals surface area contributed by atoms with Crippen molar-refractivity contribution in [2.75, 3.05) is 32.8 Å². The lowest BCUT2D eigenvalue weighted by Gasteiger charge is -2.42. The smallest absolute Gasteiger partial charge is 0.225 e. The molecular formula is C13H25ClN2O2. The van der Waals surface area contributed by atoms with Gasteiger partial charge in [0, 0.05) is 32.8 Å². The summed E-state index contributed by atoms with van der Waals surface area (Å²) < 4.78 is 5.43. The Hall–Kier alpha value is -0.320. The lowest BCUT2D eigenvalue weighted by atomic mass is 9.66. The highest BCUT2D eigenvalue weighted by molar-refractivity contribution is 5.85. The molecule has 5 heteroatoms. The fourth-order valence-electron chi connectivity index (χ4n) is 2.52. The minimum absolute atomic E-state index is 0. The van der Waals surface area contributed by atoms with Gasteiger partial charge in [0.05, 0.1) is 5.92 Å². The van der Waals surface area contributed by atoms with E-state index in [1.54, 1.807) is 0 Å². The number of ether oxygens (including phenoxy) is 1. The van der Waals surface area contributed by atoms with Gasteiger partial charge in [-0.15, -0.1) is 12.4 Å². The highest BCUT2D eigenvalue weighted by Gasteiger charge is 2.37. The molecule has 106 valence electrons. The van der Waals surface area contributed by atoms with E-state index in [9.17, 15) is 4.79 Å². The van der Waals surface area contributed by atoms with Crippen LogP contribution in [0.15, 0.2) is 0 Å². The molecule has 2 N–H and O–H groups in total. The summed E-state index contributed by atoms with van der Waals surface area (Å²) >= 11 is 0. The fourth-order valence-corrected chi connectivity index (χ4v) is 2.52. The molecule has 1 saturated heterocycles. The van der Waals surface area contributed by atoms with Gasteiger partial charge in [0.15, 0.2) is 0 Å². The van der Waals surface area contributed by atoms with Gasteiger partial charge in [-0.3, -0.25) is 4.79 Å². The summed E-state index contributed by atoms with van der Waals surface area (Å²) in [7, 11) is 0. The fraction of sp³-hybridized carbons (Fsp3) is 0.923. The van der Waals surface area contributed by atoms with Crippen LogP contribution in [0.4, 0.5) is 0 Å². The minimum Gasteiger partial charge on any atom is -0.382 e. The van der Waals surface area contributed by atoms with Crippen LogP contribution in [0.25, 0.3) is 0 Å². The number of nitrogens with one attached hydrogen (secondary N) is 2. The summed E-state index contributed by atoms with van der Waals surface area (Å²) in [5.41, 5.74) is 0.335. The van der Waals surface area contributed by atoms with Gasteiger partial charge in [-0.25, -0.2) is 0 Å². The zero-order chi connectivity index (χ0) is 12.1. The maximum atomic E-state index is 11.8. The molecule has 1 aliphatic heterocycles. The Morgan fingerprint density at radius 1 is 1.44 bits per heavy atom. The molecule has 0 unspecified atom stereocenters. The van der Waals surface area contributed by atoms with Crippen LogP contribution in [0.3, 0.4) is 0 Å². The van der Waals surface area contributed by atoms with Crippen molar-refractivity contribution in [3.8, 4) is 0 Å². The molecule has 1 aliphatic carbocycles. The molecule has 0 atom stereocenters. The molecule has 0 aromatic heterocycles. The molecule has 0 spiro atoms. The predicted molar refractivity (Wildman–Crippen MR) is 74.0 cm³/mol. The molecule has 0 radical (unpaired) electrons. The van der Waals surface area contributed by atoms with Crippen LogP contribution in [0.2, 0.25) is 0 Å². The number of carbonyl (C=O) groups excluding carboxylic acids is 1. The Morgan fingerprint density at radius 2 is 2.17 bits per heavy atom. The second-order valence-electron chi connectivity index (χ2n) is 5.37. The second kappa shape index (κ2) is 7.31. The van der Waals surface area contributed by atoms with E-state index in [1.807, 2.05) is 6.92 Å². The molecule has 18 heavy (non-hydrogen) atoms. The first kappa shape index (κ1) is 15.7. The standard InChI is InChI=1S/C13H24N2O2.ClH/c1-2-17-7-6-13(4-3-5-13)10-15-12(16)11-8-14-9-11;/h11,14H,2-10H2,1H3,(H,15,16);1H. The van der Waals surface area contributed by atoms with Crippen molar-refractivity contribution in [3.05, 3.63) is 0 Å². The van der Waals surface area contributed by atoms with E-state index in [2.05, 4.69) is 10.6 Å². The molecule has 2 rings (SSSR count). The quantitative estimate of drug-likeness (QED) is 0.690. The van der Waals surface area contributed by atoms with Crippen LogP contribution < -0.4 is 10.6 Å². The summed E-state index contributed by atoms with van der Waals surface area (Å²) in [6.07, 6.45) is 4.86. The predicted octanol–water partition coefficient (Wildman–Crippen LogP) is 1.34. The first-order valence-corrected chi connectivity index (χ1v) is 6.82. The van der Waals surface area contributed by atoms with E-state index in [4.69, 9.17) is 4.74 Å². The summed E-state index contributed by atoms with van der Waals surface area (Å²) in [5, 5.41) is 6.25. The average molecular weight is 277 g/mol. The normalized spacial score (nSPS) is 21.4. The van der Waals surface area contributed by atoms with Gasteiger partial charge in [-0.2, -0.15) is 0 Å². The van der Waals surface area contributed by atoms with E-state index in [0.29, 0.717) is 5.41 Å². The van der Waals surface area contributed by atoms with Crippen molar-refractivity contribution in [1.29, 1.82) is 0 Å². The first-order chi connectivity index (χ1) is 8.26. The van der Waals surface area contributed by atoms with E-state index < -0.39 is 0 Å². The molecule has 1 saturated carbocycles. The van der Waals surface area contributed by atoms with E-state index in [0.717, 1.165) is 39.3 Å². The highest BCUT2D eigenvalue weighted by Crippen LogP contribution is 2.43. The number of hydrogen-bond acceptors (Lipinski definition) is 3. The summed E-state index contributed by atoms with van der Waals surface area (Å²) in [4.78, 5) is 11.8. The zero-order valence-electron chi connectivity index (χ0n) is 11.2. The number of halogens is 1. The third-order valence-electron chi connectivity index (χ3n) is 4.18. The van der Waals surface area contributed by atoms with E-state index in [1.165, 1.54) is 19.3 Å². The molecule has 1 amide bonds. The lowest BCUT2D eigenvalue weighted by molar-refractivity contribution is -0.127. The molecular weight excluding hydrogens is 252 g/mol. The Kier molecular flexibility index (Phi) is 6.39. The average Bonchev–Trinajstić information content (AvgIpc) is 2.18. The van der Waals surface area contributed by atoms with Gasteiger partial charge >= 0.3 is 0 Å². The van der Waals surface area contributed by atoms with Crippen LogP contribution in [0, 0.1) is 11.3 Å². The molecule has 0 aromatic carbocycles. The summed E-state index contributed by atoms with van der Waals surface area (Å²) in [5.74, 6) is 0.436. The van der Waals surface area contributed by atoms with Gasteiger partial charge in [0.25, 0.3) is 0 Å². The maximum Gasteiger partial charge on any atom is 0.225 e. The molecule has 4 nitrogen and oxygen atoms in total. The Balaban J connectivity index is 0.00000162. The zero-order valence-corrected chi connectivity index (χ0v) is 12.0. The van der Waals surface area contributed by atoms with Crippen LogP contribution in [0.5, 0.6) is 0 Å². The Labute approximate surface area is 116 Å². The molecule has 0 bridgehead atoms. The van der Waals surface area contributed by atoms with Crippen molar-refractivity contribution in [2.45, 2.75) is 32.6 Å². The monoisotopic (exact) mass is 276 g/mol. The Bertz CT molecular complexity index is 266. The first-order valence-electron chi connectivity index (χ1n) is 6.82. The largest absolute Gasteiger partial charge is 0.382 e. The number of rotatable bonds is 7. The summed E-state index contributed by atoms with van der Waals surface area (Å²) in [6, 6.07) is 0. The third-order valence-corrected chi connectivity index (χ3v) is 4.18. The van der Waals surface area contributed by atoms with Gasteiger partial charge < -0.3 is 15.4 Å². The van der Waals surface area contributed by atoms with Crippen LogP contribution in [-0.2, 0) is 9.53 Å². The number of amides is 1. The summed E-state index contributed by atoms with van der Waals surface area (Å²) in [6.45, 7) is 6.18. The van der Waals surface area contributed by atoms with Crippen LogP contribution in [0.1, 0.15) is 32.6 Å². The van der Waals surface area contributed by atoms with Crippen molar-refractivity contribution in [3.63, 3.8) is 0 Å². The lowest BCUT2D eigenvalue weighted by Crippen LogP contribution is -2.53. The number of carbonyl (C=O) groups is 1. The van der Waals surface area contributed by atoms with Crippen molar-refractivity contribution in [2.24, 2.45) is 11.3 Å². The second-order valence-corrected chi connectivity index (χ2v) is 5.37. The van der Waals surface area contributed by atoms with Crippen LogP contribution >= 0.6 is 12.4 Å². The topological polar surface area (TPSA) is 50.4 Å². The van der Waals surface area contributed by atoms with Crippen LogP contribution in [-0.4, -0.2) is 38.8 Å². The van der Waals surface area contributed by atoms with Crippen molar-refractivity contribution < 1.29 is 9.53 Å². The Morgan fingerprint density at radius 3 is 2.61 bits per heavy atom. The minimum atomic E-state index is 0. The third kappa shape index (κ3) is 3.84. The molecule has 2 fully saturated rings. The van der Waals surface area contributed by atoms with Crippen molar-refractivity contribution in [1.82, 2.24) is 10.6 Å². The van der Waals surface area contributed by atoms with Gasteiger partial charge in [0.2, 0.25) is 5.91 Å². The van der Waals surface area contributed by atoms with E-state index >= 15 is 0 Å². The SMILES string of the molecule is CCOCCC1(CNC(=O)C2CNC2)CCC1.Cl. The van der Waals surface area contributed by atoms with Gasteiger partial charge in [-0.05, 0) is 31.6 Å². The van der Waals surface area contributed by atoms with E-state index in [-0.39, 0.29) is 24.2 Å². The van der Waals surface area contributed by atoms with Crippen molar-refractivity contribution >= 4 is 18.3 Å². The molecule has 0 aromatic rings. The number of hydrogen-bond donors (Lipinski definition) is 2.